The number of nitrogens with zero attached hydrogens (tertiary/aromatic N) is 2. The molecular formula is C25H22F3N5O3S. The maximum Gasteiger partial charge on any atom is 0.446 e. The molecule has 0 bridgehead atoms. The van der Waals surface area contributed by atoms with Crippen LogP contribution in [0.25, 0.3) is 0 Å². The van der Waals surface area contributed by atoms with Gasteiger partial charge in [0.25, 0.3) is 5.91 Å². The van der Waals surface area contributed by atoms with Crippen LogP contribution in [0.4, 0.5) is 34.1 Å². The van der Waals surface area contributed by atoms with Gasteiger partial charge < -0.3 is 16.0 Å². The molecule has 1 aliphatic heterocycles. The minimum atomic E-state index is -4.45. The fraction of sp³-hybridized carbons (Fsp3) is 0.200. The molecule has 1 saturated heterocycles. The van der Waals surface area contributed by atoms with E-state index in [1.165, 1.54) is 36.7 Å². The number of pyridine rings is 1. The zero-order valence-corrected chi connectivity index (χ0v) is 20.3. The molecule has 2 heterocycles. The van der Waals surface area contributed by atoms with Crippen LogP contribution < -0.4 is 20.9 Å². The van der Waals surface area contributed by atoms with Crippen molar-refractivity contribution in [3.63, 3.8) is 0 Å². The van der Waals surface area contributed by atoms with Crippen LogP contribution in [0.5, 0.6) is 0 Å². The second-order valence-corrected chi connectivity index (χ2v) is 9.33. The lowest BCUT2D eigenvalue weighted by Crippen LogP contribution is -2.35. The smallest absolute Gasteiger partial charge is 0.334 e. The van der Waals surface area contributed by atoms with Crippen LogP contribution in [0.3, 0.4) is 0 Å². The number of alkyl halides is 3. The van der Waals surface area contributed by atoms with Gasteiger partial charge in [-0.3, -0.25) is 9.78 Å². The summed E-state index contributed by atoms with van der Waals surface area (Å²) in [5.41, 5.74) is -2.44. The Morgan fingerprint density at radius 1 is 1.11 bits per heavy atom. The number of thioether (sulfide) groups is 1. The number of carbonyl (C=O) groups is 3. The maximum atomic E-state index is 13.2. The minimum Gasteiger partial charge on any atom is -0.334 e. The monoisotopic (exact) mass is 529 g/mol. The number of carbonyl (C=O) groups excluding carboxylic acids is 3. The van der Waals surface area contributed by atoms with Crippen LogP contribution in [0.2, 0.25) is 0 Å². The first-order valence-electron chi connectivity index (χ1n) is 11.2. The van der Waals surface area contributed by atoms with E-state index in [9.17, 15) is 27.6 Å². The first kappa shape index (κ1) is 26.0. The van der Waals surface area contributed by atoms with Crippen molar-refractivity contribution in [1.29, 1.82) is 0 Å². The van der Waals surface area contributed by atoms with E-state index in [2.05, 4.69) is 20.9 Å². The van der Waals surface area contributed by atoms with Crippen molar-refractivity contribution in [2.24, 2.45) is 0 Å². The first-order chi connectivity index (χ1) is 17.6. The Kier molecular flexibility index (Phi) is 7.67. The van der Waals surface area contributed by atoms with Gasteiger partial charge in [-0.2, -0.15) is 13.2 Å². The molecule has 12 heteroatoms. The van der Waals surface area contributed by atoms with Gasteiger partial charge in [0, 0.05) is 23.6 Å². The van der Waals surface area contributed by atoms with Crippen molar-refractivity contribution >= 4 is 41.1 Å². The van der Waals surface area contributed by atoms with Gasteiger partial charge in [0.1, 0.15) is 6.04 Å². The van der Waals surface area contributed by atoms with Crippen LogP contribution in [-0.2, 0) is 11.3 Å². The molecule has 4 rings (SSSR count). The van der Waals surface area contributed by atoms with Crippen LogP contribution in [0.1, 0.15) is 24.0 Å². The number of urea groups is 2. The van der Waals surface area contributed by atoms with Crippen LogP contribution in [-0.4, -0.2) is 34.5 Å². The van der Waals surface area contributed by atoms with Gasteiger partial charge in [0.05, 0.1) is 17.6 Å². The van der Waals surface area contributed by atoms with Crippen LogP contribution >= 0.6 is 11.8 Å². The molecule has 0 saturated carbocycles. The molecule has 1 aromatic heterocycles. The van der Waals surface area contributed by atoms with E-state index in [1.54, 1.807) is 13.0 Å². The van der Waals surface area contributed by atoms with E-state index in [-0.39, 0.29) is 22.3 Å². The Morgan fingerprint density at radius 2 is 1.81 bits per heavy atom. The Bertz CT molecular complexity index is 1290. The van der Waals surface area contributed by atoms with E-state index >= 15 is 0 Å². The number of nitrogens with one attached hydrogen (secondary N) is 3. The van der Waals surface area contributed by atoms with Crippen molar-refractivity contribution < 1.29 is 27.6 Å². The van der Waals surface area contributed by atoms with E-state index in [0.29, 0.717) is 17.8 Å². The molecule has 1 fully saturated rings. The molecule has 37 heavy (non-hydrogen) atoms. The van der Waals surface area contributed by atoms with Gasteiger partial charge in [-0.05, 0) is 53.2 Å². The van der Waals surface area contributed by atoms with E-state index < -0.39 is 35.4 Å². The van der Waals surface area contributed by atoms with Gasteiger partial charge in [-0.25, -0.2) is 14.5 Å². The van der Waals surface area contributed by atoms with E-state index in [0.717, 1.165) is 10.5 Å². The highest BCUT2D eigenvalue weighted by Crippen LogP contribution is 2.38. The Labute approximate surface area is 214 Å². The number of rotatable bonds is 7. The van der Waals surface area contributed by atoms with Crippen LogP contribution in [0, 0.1) is 0 Å². The summed E-state index contributed by atoms with van der Waals surface area (Å²) in [4.78, 5) is 43.2. The van der Waals surface area contributed by atoms with Crippen LogP contribution in [0.15, 0.2) is 78.0 Å². The zero-order chi connectivity index (χ0) is 26.6. The molecule has 0 radical (unpaired) electrons. The molecule has 2 atom stereocenters. The Hall–Kier alpha value is -4.06. The van der Waals surface area contributed by atoms with E-state index in [4.69, 9.17) is 0 Å². The summed E-state index contributed by atoms with van der Waals surface area (Å²) >= 11 is -0.285. The highest BCUT2D eigenvalue weighted by Gasteiger charge is 2.43. The molecule has 192 valence electrons. The first-order valence-corrected chi connectivity index (χ1v) is 12.0. The van der Waals surface area contributed by atoms with Crippen molar-refractivity contribution in [1.82, 2.24) is 15.6 Å². The molecule has 2 unspecified atom stereocenters. The number of hydrogen-bond acceptors (Lipinski definition) is 5. The predicted molar refractivity (Wildman–Crippen MR) is 133 cm³/mol. The number of imide groups is 1. The number of amides is 5. The summed E-state index contributed by atoms with van der Waals surface area (Å²) in [6.07, 6.45) is 2.96. The molecule has 3 N–H and O–H groups in total. The summed E-state index contributed by atoms with van der Waals surface area (Å²) in [5.74, 6) is -1.13. The lowest BCUT2D eigenvalue weighted by molar-refractivity contribution is -0.118. The lowest BCUT2D eigenvalue weighted by Gasteiger charge is -2.21. The van der Waals surface area contributed by atoms with Gasteiger partial charge in [-0.15, -0.1) is 0 Å². The second kappa shape index (κ2) is 10.9. The summed E-state index contributed by atoms with van der Waals surface area (Å²) in [6, 6.07) is 13.8. The number of benzene rings is 2. The quantitative estimate of drug-likeness (QED) is 0.287. The van der Waals surface area contributed by atoms with Crippen molar-refractivity contribution in [2.75, 3.05) is 10.2 Å². The third kappa shape index (κ3) is 6.39. The number of anilines is 2. The van der Waals surface area contributed by atoms with Gasteiger partial charge >= 0.3 is 17.6 Å². The summed E-state index contributed by atoms with van der Waals surface area (Å²) in [6.45, 7) is 2.03. The van der Waals surface area contributed by atoms with Gasteiger partial charge in [0.15, 0.2) is 0 Å². The molecule has 0 aliphatic carbocycles. The fourth-order valence-electron chi connectivity index (χ4n) is 3.91. The van der Waals surface area contributed by atoms with E-state index in [1.807, 2.05) is 30.3 Å². The number of halogens is 3. The Morgan fingerprint density at radius 3 is 2.49 bits per heavy atom. The maximum absolute atomic E-state index is 13.2. The zero-order valence-electron chi connectivity index (χ0n) is 19.5. The average Bonchev–Trinajstić information content (AvgIpc) is 3.16. The van der Waals surface area contributed by atoms with Crippen molar-refractivity contribution in [3.05, 3.63) is 84.2 Å². The molecule has 3 aromatic rings. The highest BCUT2D eigenvalue weighted by molar-refractivity contribution is 8.00. The lowest BCUT2D eigenvalue weighted by atomic mass is 9.92. The van der Waals surface area contributed by atoms with Gasteiger partial charge in [-0.1, -0.05) is 37.3 Å². The predicted octanol–water partition coefficient (Wildman–Crippen LogP) is 5.24. The largest absolute Gasteiger partial charge is 0.446 e. The molecule has 5 amide bonds. The summed E-state index contributed by atoms with van der Waals surface area (Å²) < 4.78 is 37.8. The summed E-state index contributed by atoms with van der Waals surface area (Å²) in [7, 11) is 0. The van der Waals surface area contributed by atoms with Crippen molar-refractivity contribution in [2.45, 2.75) is 35.8 Å². The third-order valence-electron chi connectivity index (χ3n) is 5.69. The minimum absolute atomic E-state index is 0.0636. The number of hydrogen-bond donors (Lipinski definition) is 3. The number of aromatic nitrogens is 1. The fourth-order valence-corrected chi connectivity index (χ4v) is 4.45. The standard InChI is InChI=1S/C25H22F3N5O3S/c1-15(19-11-12-29-14-20(19)31-23(35)30-13-16-5-3-2-4-6-16)21-22(34)33(24(36)32-21)17-7-9-18(10-8-17)37-25(26,27)28/h2-12,14-15,21H,13H2,1H3,(H,32,36)(H2,30,31,35). The summed E-state index contributed by atoms with van der Waals surface area (Å²) in [5, 5.41) is 8.12. The Balaban J connectivity index is 1.46. The van der Waals surface area contributed by atoms with Gasteiger partial charge in [0.2, 0.25) is 0 Å². The normalized spacial score (nSPS) is 16.3. The molecule has 2 aromatic carbocycles. The topological polar surface area (TPSA) is 103 Å². The van der Waals surface area contributed by atoms with Crippen molar-refractivity contribution in [3.8, 4) is 0 Å². The second-order valence-electron chi connectivity index (χ2n) is 8.19. The average molecular weight is 530 g/mol. The highest BCUT2D eigenvalue weighted by atomic mass is 32.2. The third-order valence-corrected chi connectivity index (χ3v) is 6.43. The SMILES string of the molecule is CC(c1ccncc1NC(=O)NCc1ccccc1)C1NC(=O)N(c2ccc(SC(F)(F)F)cc2)C1=O. The molecule has 8 nitrogen and oxygen atoms in total. The molecule has 1 aliphatic rings. The molecular weight excluding hydrogens is 507 g/mol. The molecule has 0 spiro atoms.